The highest BCUT2D eigenvalue weighted by atomic mass is 19.1. The number of oxime groups is 1. The average Bonchev–Trinajstić information content (AvgIpc) is 2.46. The van der Waals surface area contributed by atoms with Gasteiger partial charge in [-0.1, -0.05) is 17.3 Å². The van der Waals surface area contributed by atoms with Gasteiger partial charge < -0.3 is 10.9 Å². The molecule has 20 heavy (non-hydrogen) atoms. The molecule has 1 saturated heterocycles. The van der Waals surface area contributed by atoms with Crippen LogP contribution in [-0.4, -0.2) is 53.1 Å². The second-order valence-electron chi connectivity index (χ2n) is 5.14. The van der Waals surface area contributed by atoms with Crippen molar-refractivity contribution in [2.45, 2.75) is 19.5 Å². The van der Waals surface area contributed by atoms with E-state index in [1.54, 1.807) is 12.1 Å². The van der Waals surface area contributed by atoms with Crippen LogP contribution in [-0.2, 0) is 6.54 Å². The van der Waals surface area contributed by atoms with Gasteiger partial charge in [0.05, 0.1) is 6.04 Å². The quantitative estimate of drug-likeness (QED) is 0.375. The van der Waals surface area contributed by atoms with Crippen molar-refractivity contribution < 1.29 is 9.60 Å². The summed E-state index contributed by atoms with van der Waals surface area (Å²) in [5.74, 6) is 0.0465. The fraction of sp³-hybridized carbons (Fsp3) is 0.500. The van der Waals surface area contributed by atoms with E-state index in [1.807, 2.05) is 13.0 Å². The lowest BCUT2D eigenvalue weighted by molar-refractivity contribution is 0.116. The van der Waals surface area contributed by atoms with E-state index in [-0.39, 0.29) is 17.7 Å². The topological polar surface area (TPSA) is 65.1 Å². The number of amidine groups is 1. The molecule has 5 nitrogen and oxygen atoms in total. The first-order chi connectivity index (χ1) is 9.60. The molecule has 0 aliphatic carbocycles. The van der Waals surface area contributed by atoms with Gasteiger partial charge in [0.2, 0.25) is 0 Å². The Morgan fingerprint density at radius 3 is 2.70 bits per heavy atom. The minimum absolute atomic E-state index is 0.0590. The van der Waals surface area contributed by atoms with E-state index in [1.165, 1.54) is 6.07 Å². The van der Waals surface area contributed by atoms with Crippen LogP contribution in [0.5, 0.6) is 0 Å². The minimum atomic E-state index is -0.193. The first kappa shape index (κ1) is 14.7. The molecule has 0 amide bonds. The number of nitrogens with zero attached hydrogens (tertiary/aromatic N) is 3. The standard InChI is InChI=1S/C14H21FN4O/c1-11(14(16)17-20)19-7-5-18(6-8-19)10-12-3-2-4-13(15)9-12/h2-4,9,11,20H,5-8,10H2,1H3,(H2,16,17). The molecule has 0 radical (unpaired) electrons. The Balaban J connectivity index is 1.85. The van der Waals surface area contributed by atoms with Gasteiger partial charge in [0, 0.05) is 32.7 Å². The summed E-state index contributed by atoms with van der Waals surface area (Å²) in [6.07, 6.45) is 0. The van der Waals surface area contributed by atoms with Gasteiger partial charge in [-0.2, -0.15) is 0 Å². The molecular formula is C14H21FN4O. The Morgan fingerprint density at radius 1 is 1.40 bits per heavy atom. The maximum absolute atomic E-state index is 13.1. The molecule has 3 N–H and O–H groups in total. The molecule has 1 aromatic carbocycles. The SMILES string of the molecule is CC(C(N)=NO)N1CCN(Cc2cccc(F)c2)CC1. The number of piperazine rings is 1. The number of rotatable bonds is 4. The Morgan fingerprint density at radius 2 is 2.10 bits per heavy atom. The highest BCUT2D eigenvalue weighted by Gasteiger charge is 2.23. The van der Waals surface area contributed by atoms with E-state index in [4.69, 9.17) is 10.9 Å². The first-order valence-corrected chi connectivity index (χ1v) is 6.78. The zero-order valence-electron chi connectivity index (χ0n) is 11.7. The maximum atomic E-state index is 13.1. The van der Waals surface area contributed by atoms with E-state index in [9.17, 15) is 4.39 Å². The second kappa shape index (κ2) is 6.67. The van der Waals surface area contributed by atoms with Gasteiger partial charge in [-0.25, -0.2) is 4.39 Å². The Bertz CT molecular complexity index is 472. The van der Waals surface area contributed by atoms with Crippen molar-refractivity contribution in [1.82, 2.24) is 9.80 Å². The molecule has 1 aliphatic rings. The number of benzene rings is 1. The summed E-state index contributed by atoms with van der Waals surface area (Å²) in [7, 11) is 0. The molecule has 1 fully saturated rings. The Hall–Kier alpha value is -1.66. The van der Waals surface area contributed by atoms with Crippen molar-refractivity contribution >= 4 is 5.84 Å². The van der Waals surface area contributed by atoms with Gasteiger partial charge in [-0.05, 0) is 24.6 Å². The van der Waals surface area contributed by atoms with Crippen molar-refractivity contribution in [3.05, 3.63) is 35.6 Å². The first-order valence-electron chi connectivity index (χ1n) is 6.78. The van der Waals surface area contributed by atoms with Crippen molar-refractivity contribution in [3.63, 3.8) is 0 Å². The van der Waals surface area contributed by atoms with E-state index in [2.05, 4.69) is 15.0 Å². The molecular weight excluding hydrogens is 259 g/mol. The lowest BCUT2D eigenvalue weighted by atomic mass is 10.1. The van der Waals surface area contributed by atoms with Crippen molar-refractivity contribution in [2.24, 2.45) is 10.9 Å². The normalized spacial score (nSPS) is 20.0. The van der Waals surface area contributed by atoms with Crippen LogP contribution < -0.4 is 5.73 Å². The molecule has 1 unspecified atom stereocenters. The van der Waals surface area contributed by atoms with Crippen LogP contribution in [0, 0.1) is 5.82 Å². The summed E-state index contributed by atoms with van der Waals surface area (Å²) in [6.45, 7) is 6.17. The lowest BCUT2D eigenvalue weighted by Gasteiger charge is -2.37. The van der Waals surface area contributed by atoms with Gasteiger partial charge in [-0.15, -0.1) is 0 Å². The predicted molar refractivity (Wildman–Crippen MR) is 76.1 cm³/mol. The summed E-state index contributed by atoms with van der Waals surface area (Å²) in [6, 6.07) is 6.65. The van der Waals surface area contributed by atoms with Crippen molar-refractivity contribution in [1.29, 1.82) is 0 Å². The number of nitrogens with two attached hydrogens (primary N) is 1. The molecule has 1 aliphatic heterocycles. The molecule has 0 spiro atoms. The fourth-order valence-corrected chi connectivity index (χ4v) is 2.47. The predicted octanol–water partition coefficient (Wildman–Crippen LogP) is 1.08. The smallest absolute Gasteiger partial charge is 0.156 e. The summed E-state index contributed by atoms with van der Waals surface area (Å²) in [4.78, 5) is 4.46. The molecule has 0 bridgehead atoms. The summed E-state index contributed by atoms with van der Waals surface area (Å²) < 4.78 is 13.1. The highest BCUT2D eigenvalue weighted by Crippen LogP contribution is 2.11. The largest absolute Gasteiger partial charge is 0.409 e. The Kier molecular flexibility index (Phi) is 4.92. The van der Waals surface area contributed by atoms with Crippen LogP contribution in [0.2, 0.25) is 0 Å². The van der Waals surface area contributed by atoms with Gasteiger partial charge in [0.1, 0.15) is 5.82 Å². The molecule has 1 heterocycles. The van der Waals surface area contributed by atoms with Crippen LogP contribution in [0.15, 0.2) is 29.4 Å². The molecule has 0 saturated carbocycles. The summed E-state index contributed by atoms with van der Waals surface area (Å²) >= 11 is 0. The monoisotopic (exact) mass is 280 g/mol. The van der Waals surface area contributed by atoms with Crippen molar-refractivity contribution in [2.75, 3.05) is 26.2 Å². The number of halogens is 1. The summed E-state index contributed by atoms with van der Waals surface area (Å²) in [5, 5.41) is 11.8. The van der Waals surface area contributed by atoms with E-state index in [0.29, 0.717) is 0 Å². The molecule has 6 heteroatoms. The average molecular weight is 280 g/mol. The van der Waals surface area contributed by atoms with Crippen LogP contribution in [0.4, 0.5) is 4.39 Å². The van der Waals surface area contributed by atoms with Crippen LogP contribution in [0.25, 0.3) is 0 Å². The fourth-order valence-electron chi connectivity index (χ4n) is 2.47. The molecule has 1 atom stereocenters. The van der Waals surface area contributed by atoms with E-state index in [0.717, 1.165) is 38.3 Å². The van der Waals surface area contributed by atoms with E-state index >= 15 is 0 Å². The van der Waals surface area contributed by atoms with Crippen molar-refractivity contribution in [3.8, 4) is 0 Å². The molecule has 2 rings (SSSR count). The minimum Gasteiger partial charge on any atom is -0.409 e. The number of hydrogen-bond acceptors (Lipinski definition) is 4. The van der Waals surface area contributed by atoms with Gasteiger partial charge >= 0.3 is 0 Å². The third kappa shape index (κ3) is 3.68. The molecule has 110 valence electrons. The zero-order chi connectivity index (χ0) is 14.5. The van der Waals surface area contributed by atoms with Gasteiger partial charge in [-0.3, -0.25) is 9.80 Å². The number of hydrogen-bond donors (Lipinski definition) is 2. The van der Waals surface area contributed by atoms with Gasteiger partial charge in [0.25, 0.3) is 0 Å². The van der Waals surface area contributed by atoms with Gasteiger partial charge in [0.15, 0.2) is 5.84 Å². The van der Waals surface area contributed by atoms with Crippen LogP contribution in [0.1, 0.15) is 12.5 Å². The third-order valence-electron chi connectivity index (χ3n) is 3.79. The molecule has 1 aromatic rings. The molecule has 0 aromatic heterocycles. The lowest BCUT2D eigenvalue weighted by Crippen LogP contribution is -2.52. The van der Waals surface area contributed by atoms with E-state index < -0.39 is 0 Å². The van der Waals surface area contributed by atoms with Crippen LogP contribution in [0.3, 0.4) is 0 Å². The maximum Gasteiger partial charge on any atom is 0.156 e. The Labute approximate surface area is 118 Å². The highest BCUT2D eigenvalue weighted by molar-refractivity contribution is 5.84. The third-order valence-corrected chi connectivity index (χ3v) is 3.79. The summed E-state index contributed by atoms with van der Waals surface area (Å²) in [5.41, 5.74) is 6.61. The zero-order valence-corrected chi connectivity index (χ0v) is 11.7. The van der Waals surface area contributed by atoms with Crippen LogP contribution >= 0.6 is 0 Å². The second-order valence-corrected chi connectivity index (χ2v) is 5.14.